The molecule has 0 spiro atoms. The summed E-state index contributed by atoms with van der Waals surface area (Å²) >= 11 is 6.02. The highest BCUT2D eigenvalue weighted by Crippen LogP contribution is 2.31. The summed E-state index contributed by atoms with van der Waals surface area (Å²) in [6, 6.07) is 7.53. The van der Waals surface area contributed by atoms with Gasteiger partial charge in [-0.05, 0) is 36.5 Å². The van der Waals surface area contributed by atoms with Crippen molar-refractivity contribution in [1.29, 1.82) is 0 Å². The van der Waals surface area contributed by atoms with Crippen LogP contribution in [-0.4, -0.2) is 41.4 Å². The van der Waals surface area contributed by atoms with Crippen LogP contribution >= 0.6 is 11.6 Å². The van der Waals surface area contributed by atoms with Crippen LogP contribution in [0, 0.1) is 0 Å². The highest BCUT2D eigenvalue weighted by molar-refractivity contribution is 6.46. The molecule has 0 radical (unpaired) electrons. The molecule has 1 N–H and O–H groups in total. The van der Waals surface area contributed by atoms with E-state index in [2.05, 4.69) is 4.99 Å². The summed E-state index contributed by atoms with van der Waals surface area (Å²) in [5.41, 5.74) is 3.05. The first kappa shape index (κ1) is 14.8. The lowest BCUT2D eigenvalue weighted by Crippen LogP contribution is -2.44. The van der Waals surface area contributed by atoms with Crippen LogP contribution < -0.4 is 0 Å². The molecule has 1 saturated heterocycles. The average molecular weight is 307 g/mol. The Kier molecular flexibility index (Phi) is 4.15. The number of allylic oxidation sites excluding steroid dienone is 1. The minimum atomic E-state index is -0.900. The average Bonchev–Trinajstić information content (AvgIpc) is 3.04. The Hall–Kier alpha value is -1.17. The number of hydrogen-bond donors (Lipinski definition) is 1. The van der Waals surface area contributed by atoms with Gasteiger partial charge in [0, 0.05) is 35.9 Å². The minimum Gasteiger partial charge on any atom is -0.437 e. The Morgan fingerprint density at radius 2 is 2.29 bits per heavy atom. The third-order valence-electron chi connectivity index (χ3n) is 4.11. The SMILES string of the molecule is CB(O)N1C[C@H](F)C[C@H]1C1=NC=C(c2cccc(Cl)c2)C1. The minimum absolute atomic E-state index is 0.118. The van der Waals surface area contributed by atoms with E-state index in [9.17, 15) is 9.41 Å². The van der Waals surface area contributed by atoms with E-state index in [0.29, 0.717) is 17.9 Å². The zero-order chi connectivity index (χ0) is 15.0. The second-order valence-electron chi connectivity index (χ2n) is 5.64. The molecule has 2 atom stereocenters. The number of nitrogens with zero attached hydrogens (tertiary/aromatic N) is 2. The smallest absolute Gasteiger partial charge is 0.377 e. The molecule has 0 aliphatic carbocycles. The molecule has 0 aromatic heterocycles. The zero-order valence-electron chi connectivity index (χ0n) is 11.8. The molecule has 110 valence electrons. The van der Waals surface area contributed by atoms with Crippen molar-refractivity contribution in [1.82, 2.24) is 4.81 Å². The van der Waals surface area contributed by atoms with Gasteiger partial charge in [-0.1, -0.05) is 23.7 Å². The summed E-state index contributed by atoms with van der Waals surface area (Å²) in [5.74, 6) is 0. The summed E-state index contributed by atoms with van der Waals surface area (Å²) in [4.78, 5) is 6.24. The molecule has 2 aliphatic rings. The van der Waals surface area contributed by atoms with Gasteiger partial charge < -0.3 is 9.83 Å². The Balaban J connectivity index is 1.74. The number of aliphatic imine (C=N–C) groups is 1. The van der Waals surface area contributed by atoms with Gasteiger partial charge in [-0.25, -0.2) is 4.39 Å². The molecule has 0 amide bonds. The van der Waals surface area contributed by atoms with Gasteiger partial charge >= 0.3 is 7.05 Å². The Morgan fingerprint density at radius 3 is 3.00 bits per heavy atom. The third kappa shape index (κ3) is 3.05. The van der Waals surface area contributed by atoms with Crippen LogP contribution in [0.1, 0.15) is 18.4 Å². The number of alkyl halides is 1. The van der Waals surface area contributed by atoms with E-state index in [0.717, 1.165) is 16.8 Å². The lowest BCUT2D eigenvalue weighted by molar-refractivity contribution is 0.331. The number of hydrogen-bond acceptors (Lipinski definition) is 3. The van der Waals surface area contributed by atoms with Gasteiger partial charge in [-0.15, -0.1) is 0 Å². The van der Waals surface area contributed by atoms with Gasteiger partial charge in [-0.2, -0.15) is 0 Å². The number of rotatable bonds is 3. The van der Waals surface area contributed by atoms with E-state index < -0.39 is 13.2 Å². The molecule has 3 nitrogen and oxygen atoms in total. The van der Waals surface area contributed by atoms with Crippen LogP contribution in [0.15, 0.2) is 35.5 Å². The molecule has 21 heavy (non-hydrogen) atoms. The van der Waals surface area contributed by atoms with Crippen LogP contribution in [0.2, 0.25) is 11.8 Å². The lowest BCUT2D eigenvalue weighted by atomic mass is 9.83. The molecule has 1 aromatic rings. The van der Waals surface area contributed by atoms with Crippen LogP contribution in [0.5, 0.6) is 0 Å². The first-order chi connectivity index (χ1) is 10.0. The van der Waals surface area contributed by atoms with Crippen LogP contribution in [0.25, 0.3) is 5.57 Å². The molecule has 3 rings (SSSR count). The van der Waals surface area contributed by atoms with Gasteiger partial charge in [0.1, 0.15) is 6.17 Å². The zero-order valence-corrected chi connectivity index (χ0v) is 12.6. The molecule has 6 heteroatoms. The topological polar surface area (TPSA) is 35.8 Å². The molecule has 2 heterocycles. The fourth-order valence-electron chi connectivity index (χ4n) is 3.06. The monoisotopic (exact) mass is 306 g/mol. The van der Waals surface area contributed by atoms with Crippen molar-refractivity contribution in [3.05, 3.63) is 41.1 Å². The Labute approximate surface area is 129 Å². The van der Waals surface area contributed by atoms with E-state index >= 15 is 0 Å². The molecule has 0 bridgehead atoms. The Bertz CT molecular complexity index is 605. The number of halogens is 2. The molecular weight excluding hydrogens is 289 g/mol. The van der Waals surface area contributed by atoms with Gasteiger partial charge in [0.25, 0.3) is 0 Å². The normalized spacial score (nSPS) is 25.9. The third-order valence-corrected chi connectivity index (χ3v) is 4.34. The second-order valence-corrected chi connectivity index (χ2v) is 6.08. The van der Waals surface area contributed by atoms with Gasteiger partial charge in [-0.3, -0.25) is 4.99 Å². The van der Waals surface area contributed by atoms with Gasteiger partial charge in [0.2, 0.25) is 0 Å². The molecule has 0 unspecified atom stereocenters. The summed E-state index contributed by atoms with van der Waals surface area (Å²) in [6.45, 7) is 1.94. The quantitative estimate of drug-likeness (QED) is 0.871. The van der Waals surface area contributed by atoms with Crippen molar-refractivity contribution in [3.63, 3.8) is 0 Å². The number of benzene rings is 1. The molecule has 2 aliphatic heterocycles. The van der Waals surface area contributed by atoms with Crippen LogP contribution in [0.3, 0.4) is 0 Å². The van der Waals surface area contributed by atoms with Crippen molar-refractivity contribution in [2.24, 2.45) is 4.99 Å². The van der Waals surface area contributed by atoms with Crippen LogP contribution in [-0.2, 0) is 0 Å². The van der Waals surface area contributed by atoms with Gasteiger partial charge in [0.15, 0.2) is 0 Å². The van der Waals surface area contributed by atoms with E-state index in [-0.39, 0.29) is 12.6 Å². The Morgan fingerprint density at radius 1 is 1.48 bits per heavy atom. The maximum atomic E-state index is 13.7. The second kappa shape index (κ2) is 5.91. The van der Waals surface area contributed by atoms with Crippen molar-refractivity contribution in [2.45, 2.75) is 31.9 Å². The maximum absolute atomic E-state index is 13.7. The van der Waals surface area contributed by atoms with Crippen molar-refractivity contribution >= 4 is 29.9 Å². The summed E-state index contributed by atoms with van der Waals surface area (Å²) in [6.07, 6.45) is 2.01. The van der Waals surface area contributed by atoms with Gasteiger partial charge in [0.05, 0.1) is 0 Å². The van der Waals surface area contributed by atoms with E-state index in [1.807, 2.05) is 30.5 Å². The predicted octanol–water partition coefficient (Wildman–Crippen LogP) is 3.05. The van der Waals surface area contributed by atoms with Crippen molar-refractivity contribution in [3.8, 4) is 0 Å². The van der Waals surface area contributed by atoms with E-state index in [4.69, 9.17) is 11.6 Å². The molecule has 0 saturated carbocycles. The van der Waals surface area contributed by atoms with Crippen LogP contribution in [0.4, 0.5) is 4.39 Å². The van der Waals surface area contributed by atoms with E-state index in [1.54, 1.807) is 11.6 Å². The van der Waals surface area contributed by atoms with Crippen molar-refractivity contribution in [2.75, 3.05) is 6.54 Å². The highest BCUT2D eigenvalue weighted by Gasteiger charge is 2.39. The maximum Gasteiger partial charge on any atom is 0.377 e. The first-order valence-corrected chi connectivity index (χ1v) is 7.52. The molecule has 1 fully saturated rings. The fourth-order valence-corrected chi connectivity index (χ4v) is 3.25. The largest absolute Gasteiger partial charge is 0.437 e. The molecular formula is C15H17BClFN2O. The highest BCUT2D eigenvalue weighted by atomic mass is 35.5. The predicted molar refractivity (Wildman–Crippen MR) is 85.3 cm³/mol. The van der Waals surface area contributed by atoms with Crippen molar-refractivity contribution < 1.29 is 9.41 Å². The summed E-state index contributed by atoms with van der Waals surface area (Å²) < 4.78 is 13.7. The van der Waals surface area contributed by atoms with E-state index in [1.165, 1.54) is 0 Å². The summed E-state index contributed by atoms with van der Waals surface area (Å²) in [5, 5.41) is 10.5. The lowest BCUT2D eigenvalue weighted by Gasteiger charge is -2.25. The fraction of sp³-hybridized carbons (Fsp3) is 0.400. The standard InChI is InChI=1S/C15H17BClFN2O/c1-16(21)20-9-13(18)7-15(20)14-6-11(8-19-14)10-3-2-4-12(17)5-10/h2-5,8,13,15,21H,6-7,9H2,1H3/t13-,15+/m1/s1. The summed E-state index contributed by atoms with van der Waals surface area (Å²) in [7, 11) is -0.659. The first-order valence-electron chi connectivity index (χ1n) is 7.14. The molecule has 1 aromatic carbocycles.